The van der Waals surface area contributed by atoms with E-state index in [1.807, 2.05) is 0 Å². The maximum absolute atomic E-state index is 11.3. The number of piperidine rings is 1. The summed E-state index contributed by atoms with van der Waals surface area (Å²) in [5.41, 5.74) is 0. The summed E-state index contributed by atoms with van der Waals surface area (Å²) in [6.07, 6.45) is 5.72. The molecule has 1 N–H and O–H groups in total. The van der Waals surface area contributed by atoms with Crippen LogP contribution in [0.3, 0.4) is 0 Å². The molecule has 0 spiro atoms. The molecule has 1 rings (SSSR count). The maximum atomic E-state index is 11.3. The molecule has 1 fully saturated rings. The molecular weight excluding hydrogens is 228 g/mol. The van der Waals surface area contributed by atoms with E-state index in [2.05, 4.69) is 5.32 Å². The first-order valence-corrected chi connectivity index (χ1v) is 7.16. The second-order valence-electron chi connectivity index (χ2n) is 3.94. The number of hydrogen-bond acceptors (Lipinski definition) is 3. The third-order valence-electron chi connectivity index (χ3n) is 2.59. The summed E-state index contributed by atoms with van der Waals surface area (Å²) < 4.78 is 23.9. The normalized spacial score (nSPS) is 20.1. The van der Waals surface area contributed by atoms with Gasteiger partial charge in [-0.2, -0.15) is 0 Å². The van der Waals surface area contributed by atoms with Gasteiger partial charge in [0.1, 0.15) is 0 Å². The summed E-state index contributed by atoms with van der Waals surface area (Å²) in [6.45, 7) is 2.76. The van der Waals surface area contributed by atoms with Crippen LogP contribution in [0.2, 0.25) is 0 Å². The number of nitrogens with zero attached hydrogens (tertiary/aromatic N) is 1. The molecule has 0 radical (unpaired) electrons. The van der Waals surface area contributed by atoms with E-state index < -0.39 is 10.0 Å². The number of nitrogens with one attached hydrogen (secondary N) is 1. The lowest BCUT2D eigenvalue weighted by Crippen LogP contribution is -2.45. The van der Waals surface area contributed by atoms with E-state index in [-0.39, 0.29) is 11.9 Å². The molecule has 1 saturated heterocycles. The van der Waals surface area contributed by atoms with E-state index in [4.69, 9.17) is 0 Å². The summed E-state index contributed by atoms with van der Waals surface area (Å²) in [4.78, 5) is 11.3. The maximum Gasteiger partial charge on any atom is 0.243 e. The molecule has 0 bridgehead atoms. The lowest BCUT2D eigenvalue weighted by molar-refractivity contribution is -0.117. The topological polar surface area (TPSA) is 66.5 Å². The molecule has 5 nitrogen and oxygen atoms in total. The number of amides is 1. The van der Waals surface area contributed by atoms with E-state index in [9.17, 15) is 13.2 Å². The van der Waals surface area contributed by atoms with Gasteiger partial charge >= 0.3 is 0 Å². The molecule has 1 amide bonds. The van der Waals surface area contributed by atoms with Crippen molar-refractivity contribution < 1.29 is 13.2 Å². The zero-order valence-corrected chi connectivity index (χ0v) is 10.5. The highest BCUT2D eigenvalue weighted by Gasteiger charge is 2.25. The molecule has 0 aromatic carbocycles. The Labute approximate surface area is 96.6 Å². The van der Waals surface area contributed by atoms with Gasteiger partial charge in [-0.25, -0.2) is 12.7 Å². The van der Waals surface area contributed by atoms with Crippen LogP contribution in [0.25, 0.3) is 0 Å². The Hall–Kier alpha value is -0.880. The van der Waals surface area contributed by atoms with Gasteiger partial charge in [0, 0.05) is 19.1 Å². The van der Waals surface area contributed by atoms with Crippen LogP contribution in [0.1, 0.15) is 19.8 Å². The third-order valence-corrected chi connectivity index (χ3v) is 3.89. The monoisotopic (exact) mass is 246 g/mol. The Morgan fingerprint density at radius 2 is 1.94 bits per heavy atom. The minimum absolute atomic E-state index is 0.0849. The van der Waals surface area contributed by atoms with Crippen LogP contribution in [0.4, 0.5) is 0 Å². The molecular formula is C10H18N2O3S. The van der Waals surface area contributed by atoms with Gasteiger partial charge in [-0.05, 0) is 25.8 Å². The standard InChI is InChI=1S/C10H18N2O3S/c1-3-4-10(13)11-9-5-7-12(8-6-9)16(2,14)15/h3-4,9H,5-8H2,1-2H3,(H,11,13). The Bertz CT molecular complexity index is 368. The number of hydrogen-bond donors (Lipinski definition) is 1. The van der Waals surface area contributed by atoms with Crippen molar-refractivity contribution in [2.24, 2.45) is 0 Å². The summed E-state index contributed by atoms with van der Waals surface area (Å²) in [5.74, 6) is -0.111. The van der Waals surface area contributed by atoms with Gasteiger partial charge in [-0.1, -0.05) is 6.08 Å². The van der Waals surface area contributed by atoms with Crippen LogP contribution < -0.4 is 5.32 Å². The van der Waals surface area contributed by atoms with E-state index in [1.54, 1.807) is 13.0 Å². The summed E-state index contributed by atoms with van der Waals surface area (Å²) >= 11 is 0. The Morgan fingerprint density at radius 1 is 1.38 bits per heavy atom. The van der Waals surface area contributed by atoms with Gasteiger partial charge in [-0.3, -0.25) is 4.79 Å². The van der Waals surface area contributed by atoms with Crippen LogP contribution in [0, 0.1) is 0 Å². The number of sulfonamides is 1. The fraction of sp³-hybridized carbons (Fsp3) is 0.700. The van der Waals surface area contributed by atoms with Gasteiger partial charge < -0.3 is 5.32 Å². The lowest BCUT2D eigenvalue weighted by atomic mass is 10.1. The van der Waals surface area contributed by atoms with Gasteiger partial charge in [0.2, 0.25) is 15.9 Å². The van der Waals surface area contributed by atoms with Crippen molar-refractivity contribution in [1.29, 1.82) is 0 Å². The van der Waals surface area contributed by atoms with Gasteiger partial charge in [0.15, 0.2) is 0 Å². The van der Waals surface area contributed by atoms with Crippen molar-refractivity contribution in [2.75, 3.05) is 19.3 Å². The minimum Gasteiger partial charge on any atom is -0.350 e. The molecule has 0 aliphatic carbocycles. The molecule has 16 heavy (non-hydrogen) atoms. The van der Waals surface area contributed by atoms with E-state index in [0.29, 0.717) is 25.9 Å². The summed E-state index contributed by atoms with van der Waals surface area (Å²) in [6, 6.07) is 0.0849. The smallest absolute Gasteiger partial charge is 0.243 e. The lowest BCUT2D eigenvalue weighted by Gasteiger charge is -2.30. The second-order valence-corrected chi connectivity index (χ2v) is 5.93. The largest absolute Gasteiger partial charge is 0.350 e. The first-order valence-electron chi connectivity index (χ1n) is 5.32. The third kappa shape index (κ3) is 3.94. The van der Waals surface area contributed by atoms with E-state index in [1.165, 1.54) is 16.6 Å². The number of rotatable bonds is 3. The second kappa shape index (κ2) is 5.45. The Kier molecular flexibility index (Phi) is 4.49. The molecule has 0 aromatic rings. The molecule has 1 aliphatic heterocycles. The van der Waals surface area contributed by atoms with Crippen molar-refractivity contribution in [1.82, 2.24) is 9.62 Å². The van der Waals surface area contributed by atoms with Crippen LogP contribution >= 0.6 is 0 Å². The summed E-state index contributed by atoms with van der Waals surface area (Å²) in [5, 5.41) is 2.84. The zero-order valence-electron chi connectivity index (χ0n) is 9.64. The SMILES string of the molecule is CC=CC(=O)NC1CCN(S(C)(=O)=O)CC1. The van der Waals surface area contributed by atoms with Crippen LogP contribution in [0.5, 0.6) is 0 Å². The first kappa shape index (κ1) is 13.2. The first-order chi connectivity index (χ1) is 7.43. The highest BCUT2D eigenvalue weighted by atomic mass is 32.2. The Balaban J connectivity index is 2.41. The number of carbonyl (C=O) groups is 1. The molecule has 0 atom stereocenters. The van der Waals surface area contributed by atoms with E-state index in [0.717, 1.165) is 0 Å². The molecule has 0 saturated carbocycles. The van der Waals surface area contributed by atoms with Crippen molar-refractivity contribution in [3.05, 3.63) is 12.2 Å². The molecule has 1 heterocycles. The predicted molar refractivity (Wildman–Crippen MR) is 62.4 cm³/mol. The number of allylic oxidation sites excluding steroid dienone is 1. The predicted octanol–water partition coefficient (Wildman–Crippen LogP) is 0.103. The zero-order chi connectivity index (χ0) is 12.2. The molecule has 1 aliphatic rings. The van der Waals surface area contributed by atoms with Crippen LogP contribution in [0.15, 0.2) is 12.2 Å². The molecule has 92 valence electrons. The number of carbonyl (C=O) groups excluding carboxylic acids is 1. The van der Waals surface area contributed by atoms with Crippen LogP contribution in [-0.4, -0.2) is 44.0 Å². The molecule has 0 unspecified atom stereocenters. The molecule has 0 aromatic heterocycles. The van der Waals surface area contributed by atoms with Crippen molar-refractivity contribution in [3.63, 3.8) is 0 Å². The summed E-state index contributed by atoms with van der Waals surface area (Å²) in [7, 11) is -3.08. The highest BCUT2D eigenvalue weighted by Crippen LogP contribution is 2.12. The van der Waals surface area contributed by atoms with Crippen molar-refractivity contribution in [2.45, 2.75) is 25.8 Å². The Morgan fingerprint density at radius 3 is 2.38 bits per heavy atom. The average Bonchev–Trinajstić information content (AvgIpc) is 2.17. The average molecular weight is 246 g/mol. The van der Waals surface area contributed by atoms with E-state index >= 15 is 0 Å². The van der Waals surface area contributed by atoms with Crippen molar-refractivity contribution >= 4 is 15.9 Å². The van der Waals surface area contributed by atoms with Gasteiger partial charge in [0.25, 0.3) is 0 Å². The van der Waals surface area contributed by atoms with Gasteiger partial charge in [0.05, 0.1) is 6.26 Å². The highest BCUT2D eigenvalue weighted by molar-refractivity contribution is 7.88. The minimum atomic E-state index is -3.08. The molecule has 6 heteroatoms. The van der Waals surface area contributed by atoms with Gasteiger partial charge in [-0.15, -0.1) is 0 Å². The van der Waals surface area contributed by atoms with Crippen LogP contribution in [-0.2, 0) is 14.8 Å². The fourth-order valence-electron chi connectivity index (χ4n) is 1.73. The fourth-order valence-corrected chi connectivity index (χ4v) is 2.61. The van der Waals surface area contributed by atoms with Crippen molar-refractivity contribution in [3.8, 4) is 0 Å². The quantitative estimate of drug-likeness (QED) is 0.718.